The average molecular weight is 284 g/mol. The van der Waals surface area contributed by atoms with Crippen LogP contribution in [0, 0.1) is 13.8 Å². The molecule has 0 unspecified atom stereocenters. The van der Waals surface area contributed by atoms with Crippen molar-refractivity contribution in [2.45, 2.75) is 13.8 Å². The molecule has 3 aromatic rings. The van der Waals surface area contributed by atoms with Crippen LogP contribution in [0.4, 0.5) is 0 Å². The molecule has 0 aliphatic heterocycles. The minimum absolute atomic E-state index is 0.663. The number of aromatic nitrogens is 6. The summed E-state index contributed by atoms with van der Waals surface area (Å²) in [5, 5.41) is 8.65. The van der Waals surface area contributed by atoms with Crippen molar-refractivity contribution in [3.05, 3.63) is 36.0 Å². The topological polar surface area (TPSA) is 70.7 Å². The maximum Gasteiger partial charge on any atom is 0.169 e. The van der Waals surface area contributed by atoms with Gasteiger partial charge < -0.3 is 4.74 Å². The molecule has 7 heteroatoms. The minimum atomic E-state index is 0.663. The molecule has 0 amide bonds. The van der Waals surface area contributed by atoms with Gasteiger partial charge in [-0.15, -0.1) is 5.10 Å². The van der Waals surface area contributed by atoms with E-state index >= 15 is 0 Å². The lowest BCUT2D eigenvalue weighted by atomic mass is 10.2. The van der Waals surface area contributed by atoms with Crippen LogP contribution in [0.1, 0.15) is 11.5 Å². The molecule has 0 saturated heterocycles. The first kappa shape index (κ1) is 13.3. The fourth-order valence-electron chi connectivity index (χ4n) is 2.21. The van der Waals surface area contributed by atoms with Crippen molar-refractivity contribution >= 4 is 0 Å². The van der Waals surface area contributed by atoms with E-state index in [4.69, 9.17) is 4.74 Å². The van der Waals surface area contributed by atoms with Crippen LogP contribution in [-0.4, -0.2) is 36.6 Å². The summed E-state index contributed by atoms with van der Waals surface area (Å²) in [5.41, 5.74) is 1.75. The normalized spacial score (nSPS) is 10.9. The van der Waals surface area contributed by atoms with Crippen molar-refractivity contribution in [2.24, 2.45) is 7.05 Å². The molecule has 7 nitrogen and oxygen atoms in total. The smallest absolute Gasteiger partial charge is 0.169 e. The van der Waals surface area contributed by atoms with Crippen molar-refractivity contribution in [1.29, 1.82) is 0 Å². The van der Waals surface area contributed by atoms with Crippen LogP contribution < -0.4 is 4.74 Å². The number of pyridine rings is 1. The second-order valence-electron chi connectivity index (χ2n) is 4.73. The molecular weight excluding hydrogens is 268 g/mol. The molecule has 0 aromatic carbocycles. The van der Waals surface area contributed by atoms with Crippen molar-refractivity contribution in [3.63, 3.8) is 0 Å². The third-order valence-corrected chi connectivity index (χ3v) is 3.19. The molecule has 0 aliphatic carbocycles. The lowest BCUT2D eigenvalue weighted by Crippen LogP contribution is -2.07. The Bertz CT molecular complexity index is 789. The summed E-state index contributed by atoms with van der Waals surface area (Å²) < 4.78 is 8.91. The van der Waals surface area contributed by atoms with Gasteiger partial charge in [-0.1, -0.05) is 0 Å². The van der Waals surface area contributed by atoms with Gasteiger partial charge in [0.2, 0.25) is 0 Å². The molecule has 21 heavy (non-hydrogen) atoms. The van der Waals surface area contributed by atoms with Gasteiger partial charge in [0.25, 0.3) is 0 Å². The van der Waals surface area contributed by atoms with Crippen molar-refractivity contribution in [1.82, 2.24) is 29.5 Å². The number of rotatable bonds is 3. The first-order chi connectivity index (χ1) is 10.1. The Morgan fingerprint density at radius 3 is 2.71 bits per heavy atom. The number of aryl methyl sites for hydroxylation is 3. The monoisotopic (exact) mass is 284 g/mol. The first-order valence-corrected chi connectivity index (χ1v) is 6.53. The van der Waals surface area contributed by atoms with E-state index in [0.717, 1.165) is 17.1 Å². The third-order valence-electron chi connectivity index (χ3n) is 3.19. The average Bonchev–Trinajstić information content (AvgIpc) is 3.04. The zero-order valence-corrected chi connectivity index (χ0v) is 12.4. The highest BCUT2D eigenvalue weighted by molar-refractivity contribution is 5.65. The molecule has 0 spiro atoms. The molecule has 3 rings (SSSR count). The largest absolute Gasteiger partial charge is 0.494 e. The molecule has 3 heterocycles. The SMILES string of the molecule is COc1cnc(C)cc1-c1nc(C)nn1-c1ccnn1C. The molecular formula is C14H16N6O. The van der Waals surface area contributed by atoms with Crippen molar-refractivity contribution < 1.29 is 4.74 Å². The highest BCUT2D eigenvalue weighted by Gasteiger charge is 2.18. The van der Waals surface area contributed by atoms with Gasteiger partial charge in [0.15, 0.2) is 11.6 Å². The number of ether oxygens (including phenoxy) is 1. The molecule has 0 fully saturated rings. The van der Waals surface area contributed by atoms with Crippen LogP contribution >= 0.6 is 0 Å². The molecule has 0 aliphatic rings. The number of hydrogen-bond donors (Lipinski definition) is 0. The van der Waals surface area contributed by atoms with Gasteiger partial charge >= 0.3 is 0 Å². The second-order valence-corrected chi connectivity index (χ2v) is 4.73. The Labute approximate surface area is 122 Å². The Hall–Kier alpha value is -2.70. The quantitative estimate of drug-likeness (QED) is 0.732. The molecule has 0 radical (unpaired) electrons. The van der Waals surface area contributed by atoms with Gasteiger partial charge in [0.1, 0.15) is 11.6 Å². The standard InChI is InChI=1S/C14H16N6O/c1-9-7-11(12(21-4)8-15-9)14-17-10(2)18-20(14)13-5-6-16-19(13)3/h5-8H,1-4H3. The first-order valence-electron chi connectivity index (χ1n) is 6.53. The molecule has 0 saturated carbocycles. The van der Waals surface area contributed by atoms with E-state index in [-0.39, 0.29) is 0 Å². The summed E-state index contributed by atoms with van der Waals surface area (Å²) in [5.74, 6) is 2.89. The Morgan fingerprint density at radius 1 is 1.24 bits per heavy atom. The highest BCUT2D eigenvalue weighted by Crippen LogP contribution is 2.29. The summed E-state index contributed by atoms with van der Waals surface area (Å²) in [6, 6.07) is 3.83. The van der Waals surface area contributed by atoms with E-state index in [2.05, 4.69) is 20.2 Å². The molecule has 3 aromatic heterocycles. The van der Waals surface area contributed by atoms with Crippen LogP contribution in [0.5, 0.6) is 5.75 Å². The Morgan fingerprint density at radius 2 is 2.05 bits per heavy atom. The summed E-state index contributed by atoms with van der Waals surface area (Å²) in [6.07, 6.45) is 3.42. The minimum Gasteiger partial charge on any atom is -0.494 e. The fraction of sp³-hybridized carbons (Fsp3) is 0.286. The van der Waals surface area contributed by atoms with E-state index in [1.54, 1.807) is 28.9 Å². The number of hydrogen-bond acceptors (Lipinski definition) is 5. The second kappa shape index (κ2) is 5.01. The molecule has 0 N–H and O–H groups in total. The van der Waals surface area contributed by atoms with E-state index in [1.807, 2.05) is 33.0 Å². The zero-order chi connectivity index (χ0) is 15.0. The maximum atomic E-state index is 5.40. The predicted molar refractivity (Wildman–Crippen MR) is 77.4 cm³/mol. The molecule has 108 valence electrons. The number of nitrogens with zero attached hydrogens (tertiary/aromatic N) is 6. The summed E-state index contributed by atoms with van der Waals surface area (Å²) >= 11 is 0. The summed E-state index contributed by atoms with van der Waals surface area (Å²) in [7, 11) is 3.48. The fourth-order valence-corrected chi connectivity index (χ4v) is 2.21. The molecule has 0 atom stereocenters. The van der Waals surface area contributed by atoms with E-state index in [9.17, 15) is 0 Å². The third kappa shape index (κ3) is 2.26. The highest BCUT2D eigenvalue weighted by atomic mass is 16.5. The van der Waals surface area contributed by atoms with Crippen LogP contribution in [0.2, 0.25) is 0 Å². The Balaban J connectivity index is 2.25. The zero-order valence-electron chi connectivity index (χ0n) is 12.4. The van der Waals surface area contributed by atoms with E-state index in [0.29, 0.717) is 17.4 Å². The van der Waals surface area contributed by atoms with Gasteiger partial charge in [0, 0.05) is 18.8 Å². The molecule has 0 bridgehead atoms. The lowest BCUT2D eigenvalue weighted by molar-refractivity contribution is 0.414. The predicted octanol–water partition coefficient (Wildman–Crippen LogP) is 1.69. The van der Waals surface area contributed by atoms with E-state index < -0.39 is 0 Å². The summed E-state index contributed by atoms with van der Waals surface area (Å²) in [4.78, 5) is 8.78. The number of methoxy groups -OCH3 is 1. The van der Waals surface area contributed by atoms with Gasteiger partial charge in [0.05, 0.1) is 25.1 Å². The van der Waals surface area contributed by atoms with Crippen LogP contribution in [0.25, 0.3) is 17.2 Å². The van der Waals surface area contributed by atoms with Crippen molar-refractivity contribution in [3.8, 4) is 23.0 Å². The van der Waals surface area contributed by atoms with Gasteiger partial charge in [-0.2, -0.15) is 9.78 Å². The van der Waals surface area contributed by atoms with Gasteiger partial charge in [-0.05, 0) is 19.9 Å². The van der Waals surface area contributed by atoms with Crippen LogP contribution in [0.3, 0.4) is 0 Å². The van der Waals surface area contributed by atoms with Crippen LogP contribution in [-0.2, 0) is 7.05 Å². The Kier molecular flexibility index (Phi) is 3.17. The maximum absolute atomic E-state index is 5.40. The van der Waals surface area contributed by atoms with E-state index in [1.165, 1.54) is 0 Å². The van der Waals surface area contributed by atoms with Gasteiger partial charge in [-0.25, -0.2) is 4.98 Å². The van der Waals surface area contributed by atoms with Gasteiger partial charge in [-0.3, -0.25) is 9.67 Å². The van der Waals surface area contributed by atoms with Crippen molar-refractivity contribution in [2.75, 3.05) is 7.11 Å². The van der Waals surface area contributed by atoms with Crippen LogP contribution in [0.15, 0.2) is 24.5 Å². The lowest BCUT2D eigenvalue weighted by Gasteiger charge is -2.10. The summed E-state index contributed by atoms with van der Waals surface area (Å²) in [6.45, 7) is 3.79.